The third kappa shape index (κ3) is 5.13. The van der Waals surface area contributed by atoms with Gasteiger partial charge in [-0.15, -0.1) is 0 Å². The van der Waals surface area contributed by atoms with Crippen molar-refractivity contribution in [1.82, 2.24) is 23.7 Å². The Morgan fingerprint density at radius 3 is 2.50 bits per heavy atom. The number of pyridine rings is 1. The number of nitrogens with zero attached hydrogens (tertiary/aromatic N) is 5. The first kappa shape index (κ1) is 25.8. The average Bonchev–Trinajstić information content (AvgIpc) is 3.64. The molecule has 1 fully saturated rings. The highest BCUT2D eigenvalue weighted by molar-refractivity contribution is 5.78. The average molecular weight is 522 g/mol. The first-order chi connectivity index (χ1) is 18.2. The van der Waals surface area contributed by atoms with Crippen molar-refractivity contribution in [1.29, 1.82) is 0 Å². The first-order valence-electron chi connectivity index (χ1n) is 13.0. The Morgan fingerprint density at radius 1 is 1.11 bits per heavy atom. The molecule has 1 aromatic carbocycles. The van der Waals surface area contributed by atoms with Crippen LogP contribution in [-0.4, -0.2) is 41.5 Å². The zero-order valence-corrected chi connectivity index (χ0v) is 21.8. The van der Waals surface area contributed by atoms with E-state index in [0.717, 1.165) is 23.0 Å². The number of aliphatic hydroxyl groups is 1. The number of imidazole rings is 1. The summed E-state index contributed by atoms with van der Waals surface area (Å²) in [5, 5.41) is 9.84. The molecule has 1 aliphatic rings. The van der Waals surface area contributed by atoms with Crippen LogP contribution in [0.3, 0.4) is 0 Å². The van der Waals surface area contributed by atoms with E-state index in [2.05, 4.69) is 4.98 Å². The molecule has 9 nitrogen and oxygen atoms in total. The minimum absolute atomic E-state index is 0.0672. The van der Waals surface area contributed by atoms with Crippen LogP contribution in [0.25, 0.3) is 22.6 Å². The van der Waals surface area contributed by atoms with Gasteiger partial charge in [0.15, 0.2) is 11.2 Å². The van der Waals surface area contributed by atoms with Gasteiger partial charge in [-0.3, -0.25) is 13.9 Å². The summed E-state index contributed by atoms with van der Waals surface area (Å²) in [6.45, 7) is 6.16. The van der Waals surface area contributed by atoms with Crippen molar-refractivity contribution < 1.29 is 14.2 Å². The van der Waals surface area contributed by atoms with Crippen molar-refractivity contribution in [2.75, 3.05) is 6.61 Å². The van der Waals surface area contributed by atoms with E-state index in [1.54, 1.807) is 35.9 Å². The fraction of sp³-hybridized carbons (Fsp3) is 0.429. The molecule has 1 N–H and O–H groups in total. The number of aromatic nitrogens is 5. The van der Waals surface area contributed by atoms with Gasteiger partial charge in [0.25, 0.3) is 5.56 Å². The number of ether oxygens (including phenoxy) is 1. The van der Waals surface area contributed by atoms with Crippen LogP contribution in [0.15, 0.2) is 52.2 Å². The molecule has 3 aromatic heterocycles. The second-order valence-electron chi connectivity index (χ2n) is 10.3. The largest absolute Gasteiger partial charge is 0.477 e. The lowest BCUT2D eigenvalue weighted by molar-refractivity contribution is 0.176. The lowest BCUT2D eigenvalue weighted by Gasteiger charge is -2.16. The standard InChI is InChI=1S/C28H32FN5O4/c1-17(2)34-25-23(27(36)32(28(34)37)14-12-18(3)35)33(15-19-8-10-21(29)11-9-19)24(31-25)22-5-4-13-30-26(22)38-16-20-6-7-20/h4-5,8-11,13,17-18,20,35H,6-7,12,14-16H2,1-3H3/t18-/m1/s1. The zero-order valence-electron chi connectivity index (χ0n) is 21.8. The monoisotopic (exact) mass is 521 g/mol. The Kier molecular flexibility index (Phi) is 7.16. The molecule has 3 heterocycles. The van der Waals surface area contributed by atoms with Gasteiger partial charge in [0.1, 0.15) is 11.6 Å². The summed E-state index contributed by atoms with van der Waals surface area (Å²) in [5.74, 6) is 0.988. The summed E-state index contributed by atoms with van der Waals surface area (Å²) in [4.78, 5) is 36.6. The van der Waals surface area contributed by atoms with Gasteiger partial charge in [-0.25, -0.2) is 19.2 Å². The predicted molar refractivity (Wildman–Crippen MR) is 142 cm³/mol. The van der Waals surface area contributed by atoms with Crippen molar-refractivity contribution in [2.24, 2.45) is 5.92 Å². The third-order valence-corrected chi connectivity index (χ3v) is 6.77. The van der Waals surface area contributed by atoms with Crippen LogP contribution >= 0.6 is 0 Å². The SMILES string of the molecule is CC(C)n1c(=O)n(CC[C@@H](C)O)c(=O)c2c1nc(-c1cccnc1OCC1CC1)n2Cc1ccc(F)cc1. The van der Waals surface area contributed by atoms with Gasteiger partial charge in [-0.1, -0.05) is 12.1 Å². The molecule has 0 saturated heterocycles. The number of hydrogen-bond acceptors (Lipinski definition) is 6. The maximum absolute atomic E-state index is 13.9. The van der Waals surface area contributed by atoms with Gasteiger partial charge in [0.05, 0.1) is 18.3 Å². The summed E-state index contributed by atoms with van der Waals surface area (Å²) >= 11 is 0. The number of hydrogen-bond donors (Lipinski definition) is 1. The van der Waals surface area contributed by atoms with Crippen molar-refractivity contribution in [2.45, 2.75) is 65.3 Å². The normalized spacial score (nSPS) is 14.4. The molecule has 10 heteroatoms. The second-order valence-corrected chi connectivity index (χ2v) is 10.3. The van der Waals surface area contributed by atoms with Crippen LogP contribution < -0.4 is 16.0 Å². The minimum atomic E-state index is -0.675. The molecule has 0 amide bonds. The fourth-order valence-corrected chi connectivity index (χ4v) is 4.52. The van der Waals surface area contributed by atoms with Gasteiger partial charge < -0.3 is 14.4 Å². The number of fused-ring (bicyclic) bond motifs is 1. The second kappa shape index (κ2) is 10.5. The molecule has 4 aromatic rings. The number of halogens is 1. The Labute approximate surface area is 219 Å². The van der Waals surface area contributed by atoms with E-state index in [1.807, 2.05) is 19.9 Å². The fourth-order valence-electron chi connectivity index (χ4n) is 4.52. The molecule has 0 bridgehead atoms. The summed E-state index contributed by atoms with van der Waals surface area (Å²) in [6.07, 6.45) is 3.46. The van der Waals surface area contributed by atoms with Crippen molar-refractivity contribution in [3.8, 4) is 17.3 Å². The number of benzene rings is 1. The Morgan fingerprint density at radius 2 is 1.84 bits per heavy atom. The van der Waals surface area contributed by atoms with Gasteiger partial charge in [0, 0.05) is 25.3 Å². The Balaban J connectivity index is 1.77. The molecule has 0 spiro atoms. The molecule has 38 heavy (non-hydrogen) atoms. The van der Waals surface area contributed by atoms with E-state index in [-0.39, 0.29) is 42.5 Å². The van der Waals surface area contributed by atoms with E-state index in [1.165, 1.54) is 16.7 Å². The minimum Gasteiger partial charge on any atom is -0.477 e. The number of rotatable bonds is 10. The molecule has 1 aliphatic carbocycles. The molecule has 0 radical (unpaired) electrons. The van der Waals surface area contributed by atoms with Crippen LogP contribution in [0.4, 0.5) is 4.39 Å². The molecule has 0 unspecified atom stereocenters. The van der Waals surface area contributed by atoms with Gasteiger partial charge in [0.2, 0.25) is 5.88 Å². The summed E-state index contributed by atoms with van der Waals surface area (Å²) in [6, 6.07) is 9.37. The van der Waals surface area contributed by atoms with E-state index in [0.29, 0.717) is 29.8 Å². The molecule has 1 saturated carbocycles. The topological polar surface area (TPSA) is 104 Å². The van der Waals surface area contributed by atoms with Gasteiger partial charge in [-0.05, 0) is 75.8 Å². The molecular formula is C28H32FN5O4. The Bertz CT molecular complexity index is 1570. The smallest absolute Gasteiger partial charge is 0.332 e. The predicted octanol–water partition coefficient (Wildman–Crippen LogP) is 3.75. The van der Waals surface area contributed by atoms with Crippen LogP contribution in [0.2, 0.25) is 0 Å². The van der Waals surface area contributed by atoms with E-state index < -0.39 is 17.4 Å². The maximum Gasteiger partial charge on any atom is 0.332 e. The molecule has 200 valence electrons. The summed E-state index contributed by atoms with van der Waals surface area (Å²) < 4.78 is 24.1. The van der Waals surface area contributed by atoms with Gasteiger partial charge in [-0.2, -0.15) is 0 Å². The van der Waals surface area contributed by atoms with Crippen LogP contribution in [0.5, 0.6) is 5.88 Å². The first-order valence-corrected chi connectivity index (χ1v) is 13.0. The van der Waals surface area contributed by atoms with E-state index in [9.17, 15) is 19.1 Å². The van der Waals surface area contributed by atoms with Crippen LogP contribution in [0.1, 0.15) is 51.6 Å². The molecule has 1 atom stereocenters. The molecular weight excluding hydrogens is 489 g/mol. The Hall–Kier alpha value is -3.79. The summed E-state index contributed by atoms with van der Waals surface area (Å²) in [5.41, 5.74) is 0.899. The zero-order chi connectivity index (χ0) is 27.0. The molecule has 0 aliphatic heterocycles. The van der Waals surface area contributed by atoms with Crippen molar-refractivity contribution in [3.63, 3.8) is 0 Å². The summed E-state index contributed by atoms with van der Waals surface area (Å²) in [7, 11) is 0. The van der Waals surface area contributed by atoms with Crippen molar-refractivity contribution in [3.05, 3.63) is 74.8 Å². The maximum atomic E-state index is 13.9. The highest BCUT2D eigenvalue weighted by Crippen LogP contribution is 2.33. The number of aliphatic hydroxyl groups excluding tert-OH is 1. The lowest BCUT2D eigenvalue weighted by Crippen LogP contribution is -2.41. The third-order valence-electron chi connectivity index (χ3n) is 6.77. The quantitative estimate of drug-likeness (QED) is 0.341. The molecule has 5 rings (SSSR count). The van der Waals surface area contributed by atoms with Crippen LogP contribution in [-0.2, 0) is 13.1 Å². The lowest BCUT2D eigenvalue weighted by atomic mass is 10.2. The highest BCUT2D eigenvalue weighted by atomic mass is 19.1. The van der Waals surface area contributed by atoms with Crippen molar-refractivity contribution >= 4 is 11.2 Å². The highest BCUT2D eigenvalue weighted by Gasteiger charge is 2.27. The van der Waals surface area contributed by atoms with E-state index >= 15 is 0 Å². The van der Waals surface area contributed by atoms with Crippen LogP contribution in [0, 0.1) is 11.7 Å². The van der Waals surface area contributed by atoms with Gasteiger partial charge >= 0.3 is 5.69 Å². The van der Waals surface area contributed by atoms with E-state index in [4.69, 9.17) is 9.72 Å².